The minimum absolute atomic E-state index is 0.0628. The number of aromatic nitrogens is 4. The molecule has 0 aliphatic carbocycles. The number of aryl methyl sites for hydroxylation is 1. The molecule has 2 heterocycles. The number of non-ortho nitro benzene ring substituents is 1. The van der Waals surface area contributed by atoms with Gasteiger partial charge < -0.3 is 0 Å². The molecule has 4 rings (SSSR count). The van der Waals surface area contributed by atoms with Crippen LogP contribution in [0.4, 0.5) is 5.69 Å². The van der Waals surface area contributed by atoms with Crippen LogP contribution in [0, 0.1) is 17.0 Å². The molecular formula is C22H16ClN5O3S. The maximum Gasteiger partial charge on any atom is 0.269 e. The van der Waals surface area contributed by atoms with Crippen molar-refractivity contribution in [3.8, 4) is 17.1 Å². The summed E-state index contributed by atoms with van der Waals surface area (Å²) in [5.41, 5.74) is 2.85. The summed E-state index contributed by atoms with van der Waals surface area (Å²) in [6.07, 6.45) is 3.34. The number of hydrogen-bond acceptors (Lipinski definition) is 7. The Bertz CT molecular complexity index is 1290. The summed E-state index contributed by atoms with van der Waals surface area (Å²) in [6, 6.07) is 14.8. The lowest BCUT2D eigenvalue weighted by atomic mass is 10.1. The van der Waals surface area contributed by atoms with Crippen LogP contribution in [0.25, 0.3) is 17.1 Å². The normalized spacial score (nSPS) is 10.8. The number of thioether (sulfide) groups is 1. The van der Waals surface area contributed by atoms with E-state index in [0.717, 1.165) is 16.8 Å². The molecule has 0 aliphatic rings. The Morgan fingerprint density at radius 2 is 1.81 bits per heavy atom. The molecule has 10 heteroatoms. The zero-order chi connectivity index (χ0) is 22.7. The Labute approximate surface area is 192 Å². The topological polar surface area (TPSA) is 104 Å². The smallest absolute Gasteiger partial charge is 0.269 e. The summed E-state index contributed by atoms with van der Waals surface area (Å²) >= 11 is 7.58. The van der Waals surface area contributed by atoms with Crippen molar-refractivity contribution in [1.29, 1.82) is 0 Å². The first kappa shape index (κ1) is 21.7. The van der Waals surface area contributed by atoms with E-state index in [4.69, 9.17) is 11.6 Å². The highest BCUT2D eigenvalue weighted by Gasteiger charge is 2.19. The molecule has 0 saturated heterocycles. The number of benzene rings is 2. The zero-order valence-electron chi connectivity index (χ0n) is 16.8. The lowest BCUT2D eigenvalue weighted by Gasteiger charge is -2.11. The number of nitro benzene ring substituents is 1. The van der Waals surface area contributed by atoms with Crippen molar-refractivity contribution >= 4 is 34.8 Å². The predicted octanol–water partition coefficient (Wildman–Crippen LogP) is 5.17. The quantitative estimate of drug-likeness (QED) is 0.160. The minimum Gasteiger partial charge on any atom is -0.293 e. The standard InChI is InChI=1S/C22H16ClN5O3S/c1-14-2-5-18(12-19(14)23)27-21(16-8-10-24-11-9-16)25-26-22(27)32-13-20(29)15-3-6-17(7-4-15)28(30)31/h2-12H,13H2,1H3. The van der Waals surface area contributed by atoms with Gasteiger partial charge in [-0.05, 0) is 48.9 Å². The van der Waals surface area contributed by atoms with Gasteiger partial charge in [-0.25, -0.2) is 0 Å². The van der Waals surface area contributed by atoms with Crippen molar-refractivity contribution in [2.24, 2.45) is 0 Å². The maximum absolute atomic E-state index is 12.6. The van der Waals surface area contributed by atoms with Crippen molar-refractivity contribution < 1.29 is 9.72 Å². The van der Waals surface area contributed by atoms with Gasteiger partial charge in [-0.2, -0.15) is 0 Å². The summed E-state index contributed by atoms with van der Waals surface area (Å²) in [4.78, 5) is 27.0. The highest BCUT2D eigenvalue weighted by atomic mass is 35.5. The molecule has 160 valence electrons. The number of rotatable bonds is 7. The van der Waals surface area contributed by atoms with E-state index < -0.39 is 4.92 Å². The molecule has 0 spiro atoms. The molecule has 8 nitrogen and oxygen atoms in total. The molecule has 0 saturated carbocycles. The predicted molar refractivity (Wildman–Crippen MR) is 122 cm³/mol. The van der Waals surface area contributed by atoms with Gasteiger partial charge in [-0.15, -0.1) is 10.2 Å². The summed E-state index contributed by atoms with van der Waals surface area (Å²) in [7, 11) is 0. The SMILES string of the molecule is Cc1ccc(-n2c(SCC(=O)c3ccc([N+](=O)[O-])cc3)nnc2-c2ccncc2)cc1Cl. The van der Waals surface area contributed by atoms with Gasteiger partial charge in [0.15, 0.2) is 16.8 Å². The molecule has 0 unspecified atom stereocenters. The fourth-order valence-electron chi connectivity index (χ4n) is 2.99. The largest absolute Gasteiger partial charge is 0.293 e. The minimum atomic E-state index is -0.501. The summed E-state index contributed by atoms with van der Waals surface area (Å²) in [5, 5.41) is 20.6. The van der Waals surface area contributed by atoms with Gasteiger partial charge in [-0.3, -0.25) is 24.5 Å². The highest BCUT2D eigenvalue weighted by Crippen LogP contribution is 2.30. The third-order valence-electron chi connectivity index (χ3n) is 4.72. The van der Waals surface area contributed by atoms with Crippen LogP contribution in [0.2, 0.25) is 5.02 Å². The van der Waals surface area contributed by atoms with E-state index in [-0.39, 0.29) is 17.2 Å². The summed E-state index contributed by atoms with van der Waals surface area (Å²) in [6.45, 7) is 1.92. The van der Waals surface area contributed by atoms with Crippen molar-refractivity contribution in [1.82, 2.24) is 19.7 Å². The van der Waals surface area contributed by atoms with E-state index in [1.165, 1.54) is 36.0 Å². The maximum atomic E-state index is 12.6. The van der Waals surface area contributed by atoms with Gasteiger partial charge in [0.25, 0.3) is 5.69 Å². The number of carbonyl (C=O) groups excluding carboxylic acids is 1. The van der Waals surface area contributed by atoms with E-state index in [1.54, 1.807) is 12.4 Å². The number of carbonyl (C=O) groups is 1. The average molecular weight is 466 g/mol. The van der Waals surface area contributed by atoms with Crippen LogP contribution in [0.1, 0.15) is 15.9 Å². The van der Waals surface area contributed by atoms with E-state index >= 15 is 0 Å². The zero-order valence-corrected chi connectivity index (χ0v) is 18.4. The molecule has 0 amide bonds. The second kappa shape index (κ2) is 9.29. The van der Waals surface area contributed by atoms with Gasteiger partial charge in [0.1, 0.15) is 0 Å². The molecule has 0 N–H and O–H groups in total. The number of Topliss-reactive ketones (excluding diaryl/α,β-unsaturated/α-hetero) is 1. The number of ketones is 1. The van der Waals surface area contributed by atoms with Crippen LogP contribution < -0.4 is 0 Å². The molecule has 0 atom stereocenters. The van der Waals surface area contributed by atoms with Gasteiger partial charge in [-0.1, -0.05) is 29.4 Å². The van der Waals surface area contributed by atoms with E-state index in [2.05, 4.69) is 15.2 Å². The Balaban J connectivity index is 1.65. The van der Waals surface area contributed by atoms with Crippen molar-refractivity contribution in [3.63, 3.8) is 0 Å². The van der Waals surface area contributed by atoms with Crippen LogP contribution in [0.3, 0.4) is 0 Å². The van der Waals surface area contributed by atoms with Gasteiger partial charge >= 0.3 is 0 Å². The monoisotopic (exact) mass is 465 g/mol. The van der Waals surface area contributed by atoms with E-state index in [1.807, 2.05) is 41.8 Å². The molecule has 32 heavy (non-hydrogen) atoms. The number of pyridine rings is 1. The van der Waals surface area contributed by atoms with Crippen molar-refractivity contribution in [2.75, 3.05) is 5.75 Å². The van der Waals surface area contributed by atoms with Crippen molar-refractivity contribution in [2.45, 2.75) is 12.1 Å². The number of halogens is 1. The Hall–Kier alpha value is -3.56. The summed E-state index contributed by atoms with van der Waals surface area (Å²) < 4.78 is 1.84. The fraction of sp³-hybridized carbons (Fsp3) is 0.0909. The van der Waals surface area contributed by atoms with Gasteiger partial charge in [0.2, 0.25) is 0 Å². The van der Waals surface area contributed by atoms with Crippen LogP contribution in [-0.4, -0.2) is 36.2 Å². The first-order chi connectivity index (χ1) is 15.4. The molecule has 4 aromatic rings. The second-order valence-corrected chi connectivity index (χ2v) is 8.18. The Morgan fingerprint density at radius 3 is 2.47 bits per heavy atom. The van der Waals surface area contributed by atoms with Crippen LogP contribution in [0.5, 0.6) is 0 Å². The van der Waals surface area contributed by atoms with Crippen LogP contribution >= 0.6 is 23.4 Å². The van der Waals surface area contributed by atoms with Gasteiger partial charge in [0, 0.05) is 40.7 Å². The highest BCUT2D eigenvalue weighted by molar-refractivity contribution is 7.99. The second-order valence-electron chi connectivity index (χ2n) is 6.83. The summed E-state index contributed by atoms with van der Waals surface area (Å²) in [5.74, 6) is 0.510. The number of nitrogens with zero attached hydrogens (tertiary/aromatic N) is 5. The third kappa shape index (κ3) is 4.53. The Kier molecular flexibility index (Phi) is 6.29. The Morgan fingerprint density at radius 1 is 1.09 bits per heavy atom. The lowest BCUT2D eigenvalue weighted by molar-refractivity contribution is -0.384. The van der Waals surface area contributed by atoms with Gasteiger partial charge in [0.05, 0.1) is 16.4 Å². The molecule has 0 bridgehead atoms. The first-order valence-corrected chi connectivity index (χ1v) is 10.8. The van der Waals surface area contributed by atoms with Crippen LogP contribution in [-0.2, 0) is 0 Å². The van der Waals surface area contributed by atoms with E-state index in [0.29, 0.717) is 21.6 Å². The molecule has 0 radical (unpaired) electrons. The number of nitro groups is 1. The number of hydrogen-bond donors (Lipinski definition) is 0. The average Bonchev–Trinajstić information content (AvgIpc) is 3.24. The van der Waals surface area contributed by atoms with Crippen molar-refractivity contribution in [3.05, 3.63) is 93.3 Å². The molecule has 2 aromatic heterocycles. The van der Waals surface area contributed by atoms with Crippen LogP contribution in [0.15, 0.2) is 72.1 Å². The lowest BCUT2D eigenvalue weighted by Crippen LogP contribution is -2.05. The first-order valence-electron chi connectivity index (χ1n) is 9.47. The molecule has 0 fully saturated rings. The molecule has 0 aliphatic heterocycles. The van der Waals surface area contributed by atoms with E-state index in [9.17, 15) is 14.9 Å². The third-order valence-corrected chi connectivity index (χ3v) is 6.05. The molecule has 2 aromatic carbocycles. The fourth-order valence-corrected chi connectivity index (χ4v) is 4.01. The molecular weight excluding hydrogens is 450 g/mol.